The second kappa shape index (κ2) is 4.39. The fraction of sp³-hybridized carbons (Fsp3) is 0.250. The lowest BCUT2D eigenvalue weighted by Gasteiger charge is -2.10. The third kappa shape index (κ3) is 1.90. The fourth-order valence-corrected chi connectivity index (χ4v) is 2.45. The lowest BCUT2D eigenvalue weighted by Crippen LogP contribution is -2.11. The quantitative estimate of drug-likeness (QED) is 0.656. The van der Waals surface area contributed by atoms with Crippen LogP contribution in [0.1, 0.15) is 18.1 Å². The van der Waals surface area contributed by atoms with E-state index >= 15 is 0 Å². The van der Waals surface area contributed by atoms with Gasteiger partial charge in [0, 0.05) is 9.86 Å². The van der Waals surface area contributed by atoms with Crippen molar-refractivity contribution in [3.8, 4) is 0 Å². The number of rotatable bonds is 2. The molecule has 0 saturated heterocycles. The molecule has 0 saturated carbocycles. The van der Waals surface area contributed by atoms with Gasteiger partial charge >= 0.3 is 0 Å². The topological polar surface area (TPSA) is 50.9 Å². The average Bonchev–Trinajstić information content (AvgIpc) is 2.27. The molecule has 1 aromatic heterocycles. The van der Waals surface area contributed by atoms with Gasteiger partial charge in [0.25, 0.3) is 0 Å². The van der Waals surface area contributed by atoms with Crippen LogP contribution in [0.5, 0.6) is 0 Å². The number of benzene rings is 1. The van der Waals surface area contributed by atoms with Crippen molar-refractivity contribution in [2.24, 2.45) is 5.84 Å². The number of nitrogens with two attached hydrogens (primary N) is 1. The minimum Gasteiger partial charge on any atom is -0.308 e. The predicted molar refractivity (Wildman–Crippen MR) is 71.4 cm³/mol. The molecule has 2 aromatic rings. The highest BCUT2D eigenvalue weighted by Gasteiger charge is 2.07. The Kier molecular flexibility index (Phi) is 3.12. The lowest BCUT2D eigenvalue weighted by molar-refractivity contribution is 1.10. The smallest absolute Gasteiger partial charge is 0.143 e. The third-order valence-electron chi connectivity index (χ3n) is 2.67. The molecular formula is C12H14BrN3. The number of nitrogen functional groups attached to an aromatic ring is 1. The van der Waals surface area contributed by atoms with Gasteiger partial charge in [0.15, 0.2) is 0 Å². The van der Waals surface area contributed by atoms with Crippen LogP contribution in [0, 0.1) is 6.92 Å². The molecule has 4 heteroatoms. The number of hydrogen-bond donors (Lipinski definition) is 2. The maximum absolute atomic E-state index is 5.48. The SMILES string of the molecule is CCc1cc2cc(Br)cc(C)c2nc1NN. The molecular weight excluding hydrogens is 266 g/mol. The van der Waals surface area contributed by atoms with Crippen LogP contribution in [0.2, 0.25) is 0 Å². The van der Waals surface area contributed by atoms with Crippen molar-refractivity contribution in [2.75, 3.05) is 5.43 Å². The summed E-state index contributed by atoms with van der Waals surface area (Å²) < 4.78 is 1.08. The Bertz CT molecular complexity index is 537. The summed E-state index contributed by atoms with van der Waals surface area (Å²) in [4.78, 5) is 4.55. The molecule has 0 radical (unpaired) electrons. The number of aryl methyl sites for hydroxylation is 2. The van der Waals surface area contributed by atoms with Crippen LogP contribution in [-0.4, -0.2) is 4.98 Å². The van der Waals surface area contributed by atoms with E-state index in [4.69, 9.17) is 5.84 Å². The van der Waals surface area contributed by atoms with E-state index < -0.39 is 0 Å². The zero-order chi connectivity index (χ0) is 11.7. The summed E-state index contributed by atoms with van der Waals surface area (Å²) in [6, 6.07) is 6.27. The van der Waals surface area contributed by atoms with Crippen LogP contribution in [-0.2, 0) is 6.42 Å². The highest BCUT2D eigenvalue weighted by molar-refractivity contribution is 9.10. The molecule has 2 rings (SSSR count). The van der Waals surface area contributed by atoms with E-state index in [9.17, 15) is 0 Å². The minimum absolute atomic E-state index is 0.764. The number of pyridine rings is 1. The molecule has 16 heavy (non-hydrogen) atoms. The number of hydrogen-bond acceptors (Lipinski definition) is 3. The summed E-state index contributed by atoms with van der Waals surface area (Å²) in [6.45, 7) is 4.14. The van der Waals surface area contributed by atoms with E-state index in [0.29, 0.717) is 0 Å². The van der Waals surface area contributed by atoms with E-state index in [1.54, 1.807) is 0 Å². The van der Waals surface area contributed by atoms with Gasteiger partial charge in [0.05, 0.1) is 5.52 Å². The molecule has 1 aromatic carbocycles. The number of nitrogens with one attached hydrogen (secondary N) is 1. The highest BCUT2D eigenvalue weighted by Crippen LogP contribution is 2.26. The van der Waals surface area contributed by atoms with Gasteiger partial charge in [-0.05, 0) is 42.7 Å². The van der Waals surface area contributed by atoms with E-state index in [2.05, 4.69) is 51.5 Å². The number of nitrogens with zero attached hydrogens (tertiary/aromatic N) is 1. The Morgan fingerprint density at radius 1 is 1.38 bits per heavy atom. The molecule has 84 valence electrons. The number of hydrazine groups is 1. The lowest BCUT2D eigenvalue weighted by atomic mass is 10.1. The molecule has 0 aliphatic carbocycles. The summed E-state index contributed by atoms with van der Waals surface area (Å²) in [7, 11) is 0. The van der Waals surface area contributed by atoms with Crippen LogP contribution < -0.4 is 11.3 Å². The molecule has 0 spiro atoms. The van der Waals surface area contributed by atoms with Crippen LogP contribution in [0.3, 0.4) is 0 Å². The fourth-order valence-electron chi connectivity index (χ4n) is 1.86. The summed E-state index contributed by atoms with van der Waals surface area (Å²) in [6.07, 6.45) is 0.911. The first kappa shape index (κ1) is 11.4. The largest absolute Gasteiger partial charge is 0.308 e. The second-order valence-electron chi connectivity index (χ2n) is 3.79. The van der Waals surface area contributed by atoms with Crippen molar-refractivity contribution < 1.29 is 0 Å². The summed E-state index contributed by atoms with van der Waals surface area (Å²) >= 11 is 3.50. The Morgan fingerprint density at radius 2 is 2.12 bits per heavy atom. The monoisotopic (exact) mass is 279 g/mol. The molecule has 0 atom stereocenters. The number of fused-ring (bicyclic) bond motifs is 1. The molecule has 0 fully saturated rings. The summed E-state index contributed by atoms with van der Waals surface area (Å²) in [5, 5.41) is 1.14. The van der Waals surface area contributed by atoms with Crippen LogP contribution >= 0.6 is 15.9 Å². The molecule has 3 N–H and O–H groups in total. The van der Waals surface area contributed by atoms with E-state index in [0.717, 1.165) is 38.7 Å². The maximum Gasteiger partial charge on any atom is 0.143 e. The minimum atomic E-state index is 0.764. The van der Waals surface area contributed by atoms with E-state index in [1.807, 2.05) is 6.92 Å². The number of anilines is 1. The average molecular weight is 280 g/mol. The molecule has 1 heterocycles. The maximum atomic E-state index is 5.48. The first-order chi connectivity index (χ1) is 7.65. The van der Waals surface area contributed by atoms with Crippen molar-refractivity contribution in [1.82, 2.24) is 4.98 Å². The van der Waals surface area contributed by atoms with Crippen molar-refractivity contribution in [3.63, 3.8) is 0 Å². The van der Waals surface area contributed by atoms with Gasteiger partial charge in [-0.1, -0.05) is 22.9 Å². The molecule has 0 bridgehead atoms. The zero-order valence-electron chi connectivity index (χ0n) is 9.34. The van der Waals surface area contributed by atoms with Gasteiger partial charge < -0.3 is 5.43 Å². The number of aromatic nitrogens is 1. The Labute approximate surface area is 103 Å². The standard InChI is InChI=1S/C12H14BrN3/c1-3-8-5-9-6-10(13)4-7(2)11(9)15-12(8)16-14/h4-6H,3,14H2,1-2H3,(H,15,16). The Balaban J connectivity index is 2.78. The van der Waals surface area contributed by atoms with Crippen molar-refractivity contribution in [3.05, 3.63) is 33.8 Å². The zero-order valence-corrected chi connectivity index (χ0v) is 10.9. The molecule has 0 amide bonds. The van der Waals surface area contributed by atoms with Gasteiger partial charge in [-0.15, -0.1) is 0 Å². The summed E-state index contributed by atoms with van der Waals surface area (Å²) in [5.41, 5.74) is 5.93. The third-order valence-corrected chi connectivity index (χ3v) is 3.13. The van der Waals surface area contributed by atoms with Crippen molar-refractivity contribution in [2.45, 2.75) is 20.3 Å². The first-order valence-corrected chi connectivity index (χ1v) is 6.01. The van der Waals surface area contributed by atoms with Gasteiger partial charge in [-0.3, -0.25) is 0 Å². The van der Waals surface area contributed by atoms with Crippen LogP contribution in [0.25, 0.3) is 10.9 Å². The van der Waals surface area contributed by atoms with Gasteiger partial charge in [-0.25, -0.2) is 10.8 Å². The van der Waals surface area contributed by atoms with E-state index in [1.165, 1.54) is 0 Å². The van der Waals surface area contributed by atoms with Gasteiger partial charge in [0.2, 0.25) is 0 Å². The molecule has 0 unspecified atom stereocenters. The van der Waals surface area contributed by atoms with Crippen LogP contribution in [0.15, 0.2) is 22.7 Å². The van der Waals surface area contributed by atoms with Gasteiger partial charge in [-0.2, -0.15) is 0 Å². The molecule has 0 aliphatic rings. The predicted octanol–water partition coefficient (Wildman–Crippen LogP) is 3.15. The van der Waals surface area contributed by atoms with E-state index in [-0.39, 0.29) is 0 Å². The Hall–Kier alpha value is -1.13. The highest BCUT2D eigenvalue weighted by atomic mass is 79.9. The molecule has 3 nitrogen and oxygen atoms in total. The number of halogens is 1. The van der Waals surface area contributed by atoms with Crippen molar-refractivity contribution in [1.29, 1.82) is 0 Å². The molecule has 0 aliphatic heterocycles. The second-order valence-corrected chi connectivity index (χ2v) is 4.70. The normalized spacial score (nSPS) is 10.8. The van der Waals surface area contributed by atoms with Gasteiger partial charge in [0.1, 0.15) is 5.82 Å². The summed E-state index contributed by atoms with van der Waals surface area (Å²) in [5.74, 6) is 6.24. The van der Waals surface area contributed by atoms with Crippen LogP contribution in [0.4, 0.5) is 5.82 Å². The Morgan fingerprint density at radius 3 is 2.75 bits per heavy atom. The van der Waals surface area contributed by atoms with Crippen molar-refractivity contribution >= 4 is 32.7 Å². The first-order valence-electron chi connectivity index (χ1n) is 5.22.